The van der Waals surface area contributed by atoms with Crippen molar-refractivity contribution in [2.75, 3.05) is 12.0 Å². The highest BCUT2D eigenvalue weighted by molar-refractivity contribution is 7.98. The SMILES string of the molecule is CSCC[C@@H](NC(=O)c1ccccc1)C(=O)OCc1nnc(C(=O)NCc2ccc(C)cc2)s1. The molecule has 34 heavy (non-hydrogen) atoms. The zero-order valence-electron chi connectivity index (χ0n) is 18.9. The van der Waals surface area contributed by atoms with Gasteiger partial charge in [0.1, 0.15) is 12.6 Å². The summed E-state index contributed by atoms with van der Waals surface area (Å²) in [5, 5.41) is 14.0. The highest BCUT2D eigenvalue weighted by Crippen LogP contribution is 2.13. The van der Waals surface area contributed by atoms with E-state index in [-0.39, 0.29) is 23.4 Å². The number of thioether (sulfide) groups is 1. The van der Waals surface area contributed by atoms with Gasteiger partial charge in [-0.1, -0.05) is 59.4 Å². The van der Waals surface area contributed by atoms with Crippen LogP contribution in [0.4, 0.5) is 0 Å². The first kappa shape index (κ1) is 25.4. The molecule has 178 valence electrons. The standard InChI is InChI=1S/C24H26N4O4S2/c1-16-8-10-17(11-9-16)14-25-22(30)23-28-27-20(34-23)15-32-24(31)19(12-13-33-2)26-21(29)18-6-4-3-5-7-18/h3-11,19H,12-15H2,1-2H3,(H,25,30)(H,26,29)/t19-/m1/s1. The number of aromatic nitrogens is 2. The first-order chi connectivity index (χ1) is 16.5. The molecule has 2 aromatic carbocycles. The summed E-state index contributed by atoms with van der Waals surface area (Å²) < 4.78 is 5.37. The molecule has 1 aromatic heterocycles. The van der Waals surface area contributed by atoms with Gasteiger partial charge >= 0.3 is 5.97 Å². The number of benzene rings is 2. The Hall–Kier alpha value is -3.24. The number of nitrogens with zero attached hydrogens (tertiary/aromatic N) is 2. The van der Waals surface area contributed by atoms with Gasteiger partial charge in [-0.2, -0.15) is 11.8 Å². The second-order valence-electron chi connectivity index (χ2n) is 7.45. The molecule has 10 heteroatoms. The average Bonchev–Trinajstić information content (AvgIpc) is 3.34. The molecule has 2 amide bonds. The van der Waals surface area contributed by atoms with Crippen molar-refractivity contribution in [2.45, 2.75) is 32.5 Å². The molecule has 0 fully saturated rings. The number of aryl methyl sites for hydroxylation is 1. The van der Waals surface area contributed by atoms with E-state index in [0.717, 1.165) is 22.5 Å². The Kier molecular flexibility index (Phi) is 9.60. The second kappa shape index (κ2) is 12.9. The topological polar surface area (TPSA) is 110 Å². The number of esters is 1. The van der Waals surface area contributed by atoms with Gasteiger partial charge in [-0.15, -0.1) is 10.2 Å². The maximum absolute atomic E-state index is 12.6. The molecule has 0 unspecified atom stereocenters. The Bertz CT molecular complexity index is 1100. The van der Waals surface area contributed by atoms with Crippen LogP contribution >= 0.6 is 23.1 Å². The van der Waals surface area contributed by atoms with Crippen molar-refractivity contribution >= 4 is 40.9 Å². The normalized spacial score (nSPS) is 11.5. The fraction of sp³-hybridized carbons (Fsp3) is 0.292. The minimum atomic E-state index is -0.787. The Balaban J connectivity index is 1.52. The number of ether oxygens (including phenoxy) is 1. The van der Waals surface area contributed by atoms with Crippen LogP contribution in [0.15, 0.2) is 54.6 Å². The monoisotopic (exact) mass is 498 g/mol. The Labute approximate surface area is 206 Å². The highest BCUT2D eigenvalue weighted by Gasteiger charge is 2.23. The third-order valence-corrected chi connectivity index (χ3v) is 6.35. The molecule has 0 saturated heterocycles. The Morgan fingerprint density at radius 3 is 2.47 bits per heavy atom. The smallest absolute Gasteiger partial charge is 0.329 e. The minimum Gasteiger partial charge on any atom is -0.457 e. The third kappa shape index (κ3) is 7.67. The number of carbonyl (C=O) groups excluding carboxylic acids is 3. The van der Waals surface area contributed by atoms with E-state index in [1.807, 2.05) is 43.5 Å². The van der Waals surface area contributed by atoms with Crippen molar-refractivity contribution in [3.63, 3.8) is 0 Å². The van der Waals surface area contributed by atoms with Crippen molar-refractivity contribution in [1.29, 1.82) is 0 Å². The number of amides is 2. The van der Waals surface area contributed by atoms with Crippen LogP contribution in [-0.4, -0.2) is 46.0 Å². The fourth-order valence-corrected chi connectivity index (χ4v) is 4.06. The first-order valence-electron chi connectivity index (χ1n) is 10.6. The van der Waals surface area contributed by atoms with Crippen LogP contribution in [0, 0.1) is 6.92 Å². The van der Waals surface area contributed by atoms with Gasteiger partial charge in [0, 0.05) is 12.1 Å². The van der Waals surface area contributed by atoms with E-state index in [9.17, 15) is 14.4 Å². The Morgan fingerprint density at radius 1 is 1.03 bits per heavy atom. The second-order valence-corrected chi connectivity index (χ2v) is 9.50. The number of hydrogen-bond acceptors (Lipinski definition) is 8. The van der Waals surface area contributed by atoms with Crippen LogP contribution in [0.25, 0.3) is 0 Å². The van der Waals surface area contributed by atoms with Gasteiger partial charge in [-0.25, -0.2) is 4.79 Å². The molecule has 0 saturated carbocycles. The van der Waals surface area contributed by atoms with Crippen molar-refractivity contribution < 1.29 is 19.1 Å². The van der Waals surface area contributed by atoms with E-state index in [4.69, 9.17) is 4.74 Å². The van der Waals surface area contributed by atoms with E-state index in [0.29, 0.717) is 29.3 Å². The predicted octanol–water partition coefficient (Wildman–Crippen LogP) is 3.37. The molecular weight excluding hydrogens is 472 g/mol. The molecule has 1 heterocycles. The summed E-state index contributed by atoms with van der Waals surface area (Å²) in [6.45, 7) is 2.25. The summed E-state index contributed by atoms with van der Waals surface area (Å²) in [6, 6.07) is 15.8. The van der Waals surface area contributed by atoms with Gasteiger partial charge in [0.25, 0.3) is 11.8 Å². The minimum absolute atomic E-state index is 0.126. The van der Waals surface area contributed by atoms with Gasteiger partial charge in [0.05, 0.1) is 0 Å². The molecular formula is C24H26N4O4S2. The lowest BCUT2D eigenvalue weighted by Crippen LogP contribution is -2.42. The van der Waals surface area contributed by atoms with E-state index >= 15 is 0 Å². The predicted molar refractivity (Wildman–Crippen MR) is 133 cm³/mol. The molecule has 0 aliphatic carbocycles. The number of rotatable bonds is 11. The van der Waals surface area contributed by atoms with Gasteiger partial charge in [0.2, 0.25) is 5.01 Å². The maximum Gasteiger partial charge on any atom is 0.329 e. The van der Waals surface area contributed by atoms with E-state index in [1.165, 1.54) is 0 Å². The zero-order chi connectivity index (χ0) is 24.3. The molecule has 8 nitrogen and oxygen atoms in total. The molecule has 3 rings (SSSR count). The van der Waals surface area contributed by atoms with E-state index in [1.54, 1.807) is 36.0 Å². The van der Waals surface area contributed by atoms with E-state index in [2.05, 4.69) is 20.8 Å². The average molecular weight is 499 g/mol. The molecule has 0 aliphatic heterocycles. The van der Waals surface area contributed by atoms with Crippen molar-refractivity contribution in [3.8, 4) is 0 Å². The largest absolute Gasteiger partial charge is 0.457 e. The molecule has 2 N–H and O–H groups in total. The first-order valence-corrected chi connectivity index (χ1v) is 12.8. The van der Waals surface area contributed by atoms with Crippen LogP contribution < -0.4 is 10.6 Å². The van der Waals surface area contributed by atoms with Crippen LogP contribution in [0.1, 0.15) is 42.7 Å². The van der Waals surface area contributed by atoms with Crippen molar-refractivity contribution in [3.05, 3.63) is 81.3 Å². The lowest BCUT2D eigenvalue weighted by molar-refractivity contribution is -0.147. The number of hydrogen-bond donors (Lipinski definition) is 2. The summed E-state index contributed by atoms with van der Waals surface area (Å²) in [5.74, 6) is -0.562. The van der Waals surface area contributed by atoms with Crippen molar-refractivity contribution in [2.24, 2.45) is 0 Å². The lowest BCUT2D eigenvalue weighted by atomic mass is 10.1. The van der Waals surface area contributed by atoms with E-state index < -0.39 is 12.0 Å². The Morgan fingerprint density at radius 2 is 1.76 bits per heavy atom. The van der Waals surface area contributed by atoms with Gasteiger partial charge < -0.3 is 15.4 Å². The number of carbonyl (C=O) groups is 3. The summed E-state index contributed by atoms with van der Waals surface area (Å²) in [7, 11) is 0. The third-order valence-electron chi connectivity index (χ3n) is 4.81. The molecule has 1 atom stereocenters. The van der Waals surface area contributed by atoms with Gasteiger partial charge in [0.15, 0.2) is 5.01 Å². The zero-order valence-corrected chi connectivity index (χ0v) is 20.6. The molecule has 0 radical (unpaired) electrons. The maximum atomic E-state index is 12.6. The summed E-state index contributed by atoms with van der Waals surface area (Å²) >= 11 is 2.63. The highest BCUT2D eigenvalue weighted by atomic mass is 32.2. The summed E-state index contributed by atoms with van der Waals surface area (Å²) in [6.07, 6.45) is 2.36. The van der Waals surface area contributed by atoms with Crippen LogP contribution in [0.3, 0.4) is 0 Å². The summed E-state index contributed by atoms with van der Waals surface area (Å²) in [4.78, 5) is 37.5. The van der Waals surface area contributed by atoms with Crippen LogP contribution in [0.2, 0.25) is 0 Å². The number of nitrogens with one attached hydrogen (secondary N) is 2. The summed E-state index contributed by atoms with van der Waals surface area (Å²) in [5.41, 5.74) is 2.59. The van der Waals surface area contributed by atoms with Crippen LogP contribution in [0.5, 0.6) is 0 Å². The fourth-order valence-electron chi connectivity index (χ4n) is 2.92. The van der Waals surface area contributed by atoms with Gasteiger partial charge in [-0.3, -0.25) is 9.59 Å². The lowest BCUT2D eigenvalue weighted by Gasteiger charge is -2.17. The molecule has 0 aliphatic rings. The molecule has 0 spiro atoms. The molecule has 3 aromatic rings. The molecule has 0 bridgehead atoms. The quantitative estimate of drug-likeness (QED) is 0.390. The van der Waals surface area contributed by atoms with Crippen molar-refractivity contribution in [1.82, 2.24) is 20.8 Å². The van der Waals surface area contributed by atoms with Crippen LogP contribution in [-0.2, 0) is 22.7 Å². The van der Waals surface area contributed by atoms with Gasteiger partial charge in [-0.05, 0) is 43.0 Å².